The molecule has 1 N–H and O–H groups in total. The Hall–Kier alpha value is -2.10. The Morgan fingerprint density at radius 3 is 1.58 bits per heavy atom. The molecule has 1 heterocycles. The van der Waals surface area contributed by atoms with Crippen molar-refractivity contribution in [2.24, 2.45) is 69.5 Å². The van der Waals surface area contributed by atoms with Crippen molar-refractivity contribution in [1.29, 1.82) is 0 Å². The average Bonchev–Trinajstić information content (AvgIpc) is 3.52. The van der Waals surface area contributed by atoms with Crippen LogP contribution in [0.1, 0.15) is 110 Å². The minimum Gasteiger partial charge on any atom is -0.464 e. The van der Waals surface area contributed by atoms with E-state index in [1.165, 1.54) is 0 Å². The lowest BCUT2D eigenvalue weighted by Crippen LogP contribution is -2.63. The molecule has 0 radical (unpaired) electrons. The Labute approximate surface area is 325 Å². The van der Waals surface area contributed by atoms with Crippen molar-refractivity contribution in [2.45, 2.75) is 133 Å². The van der Waals surface area contributed by atoms with Crippen LogP contribution in [0.3, 0.4) is 0 Å². The maximum atomic E-state index is 14.0. The van der Waals surface area contributed by atoms with Crippen LogP contribution >= 0.6 is 12.0 Å². The summed E-state index contributed by atoms with van der Waals surface area (Å²) >= 11 is 0.676. The van der Waals surface area contributed by atoms with E-state index >= 15 is 0 Å². The van der Waals surface area contributed by atoms with Crippen LogP contribution in [0.4, 0.5) is 0 Å². The first-order valence-corrected chi connectivity index (χ1v) is 21.6. The Balaban J connectivity index is 0.857. The van der Waals surface area contributed by atoms with Gasteiger partial charge in [0.05, 0.1) is 29.5 Å². The molecule has 1 aliphatic heterocycles. The van der Waals surface area contributed by atoms with Gasteiger partial charge in [-0.15, -0.1) is 4.33 Å². The van der Waals surface area contributed by atoms with Gasteiger partial charge in [-0.25, -0.2) is 5.26 Å². The second-order valence-electron chi connectivity index (χ2n) is 20.4. The van der Waals surface area contributed by atoms with E-state index in [0.717, 1.165) is 70.6 Å². The third-order valence-corrected chi connectivity index (χ3v) is 17.1. The molecular weight excluding hydrogens is 733 g/mol. The monoisotopic (exact) mass is 786 g/mol. The van der Waals surface area contributed by atoms with Gasteiger partial charge < -0.3 is 23.7 Å². The highest BCUT2D eigenvalue weighted by atomic mass is 32.2. The standard InChI is InChI=1S/C41H54O13S/c1-37(2,55-54-53-47)34(44)50-20-38-9-23-7-28(16-38)41(29(8-23)17-38)51-30(18-48-35(45)39-10-21-3-24(12-39)32(42)25(4-21)13-39)31(52-41)19-49-36(46)40-11-22-5-26(14-40)33(43)27(6-22)15-40/h21-31,47H,3-20H2,1-2H3. The number of ketones is 2. The molecule has 14 heteroatoms. The highest BCUT2D eigenvalue weighted by Gasteiger charge is 2.69. The van der Waals surface area contributed by atoms with Crippen molar-refractivity contribution in [3.05, 3.63) is 0 Å². The van der Waals surface area contributed by atoms with Gasteiger partial charge in [0.15, 0.2) is 5.79 Å². The second-order valence-corrected chi connectivity index (χ2v) is 21.8. The predicted octanol–water partition coefficient (Wildman–Crippen LogP) is 5.56. The number of hydrogen-bond donors (Lipinski definition) is 1. The van der Waals surface area contributed by atoms with Crippen LogP contribution in [0.25, 0.3) is 0 Å². The molecule has 1 spiro atoms. The lowest BCUT2D eigenvalue weighted by atomic mass is 9.47. The molecule has 302 valence electrons. The molecular formula is C41H54O13S. The maximum absolute atomic E-state index is 14.0. The van der Waals surface area contributed by atoms with E-state index in [-0.39, 0.29) is 72.7 Å². The number of Topliss-reactive ketones (excluding diaryl/α,β-unsaturated/α-hetero) is 2. The zero-order valence-corrected chi connectivity index (χ0v) is 32.6. The summed E-state index contributed by atoms with van der Waals surface area (Å²) in [5.74, 6) is -0.253. The Morgan fingerprint density at radius 1 is 0.673 bits per heavy atom. The van der Waals surface area contributed by atoms with E-state index in [1.807, 2.05) is 0 Å². The van der Waals surface area contributed by atoms with Gasteiger partial charge in [-0.3, -0.25) is 24.0 Å². The van der Waals surface area contributed by atoms with Crippen molar-refractivity contribution in [3.63, 3.8) is 0 Å². The second kappa shape index (κ2) is 12.9. The summed E-state index contributed by atoms with van der Waals surface area (Å²) in [4.78, 5) is 66.8. The minimum atomic E-state index is -1.10. The lowest BCUT2D eigenvalue weighted by molar-refractivity contribution is -0.432. The van der Waals surface area contributed by atoms with Crippen LogP contribution in [0, 0.1) is 69.5 Å². The molecule has 12 saturated carbocycles. The fourth-order valence-corrected chi connectivity index (χ4v) is 15.1. The topological polar surface area (TPSA) is 170 Å². The molecule has 13 nitrogen and oxygen atoms in total. The Morgan fingerprint density at radius 2 is 1.13 bits per heavy atom. The molecule has 0 amide bonds. The van der Waals surface area contributed by atoms with Gasteiger partial charge in [-0.1, -0.05) is 5.04 Å². The van der Waals surface area contributed by atoms with Crippen LogP contribution in [0.2, 0.25) is 0 Å². The normalized spacial score (nSPS) is 48.2. The first kappa shape index (κ1) is 37.2. The number of hydrogen-bond acceptors (Lipinski definition) is 14. The van der Waals surface area contributed by atoms with Crippen LogP contribution in [-0.2, 0) is 57.0 Å². The summed E-state index contributed by atoms with van der Waals surface area (Å²) in [7, 11) is 0. The third-order valence-electron chi connectivity index (χ3n) is 16.4. The SMILES string of the molecule is CC(C)(SOOO)C(=O)OCC12CC3CC(C1)C1(OC(COC(=O)C45CC6CC(C4)C(=O)C(C6)C5)C(COC(=O)C45CC6CC(C4)C(=O)C(C6)C5)O1)C(C3)C2. The van der Waals surface area contributed by atoms with Crippen LogP contribution in [0.15, 0.2) is 0 Å². The summed E-state index contributed by atoms with van der Waals surface area (Å²) in [6.45, 7) is 3.47. The quantitative estimate of drug-likeness (QED) is 0.0858. The number of ether oxygens (including phenoxy) is 5. The first-order valence-electron chi connectivity index (χ1n) is 20.8. The fourth-order valence-electron chi connectivity index (χ4n) is 14.7. The zero-order chi connectivity index (χ0) is 38.1. The van der Waals surface area contributed by atoms with E-state index in [1.54, 1.807) is 13.8 Å². The molecule has 8 atom stereocenters. The van der Waals surface area contributed by atoms with Crippen LogP contribution in [-0.4, -0.2) is 77.3 Å². The Kier molecular flexibility index (Phi) is 8.76. The van der Waals surface area contributed by atoms with Crippen molar-refractivity contribution >= 4 is 41.5 Å². The molecule has 13 fully saturated rings. The van der Waals surface area contributed by atoms with Gasteiger partial charge in [0.25, 0.3) is 0 Å². The van der Waals surface area contributed by atoms with Crippen molar-refractivity contribution < 1.29 is 62.3 Å². The summed E-state index contributed by atoms with van der Waals surface area (Å²) in [6, 6.07) is 0. The fraction of sp³-hybridized carbons (Fsp3) is 0.878. The number of carbonyl (C=O) groups excluding carboxylic acids is 5. The zero-order valence-electron chi connectivity index (χ0n) is 31.8. The van der Waals surface area contributed by atoms with Gasteiger partial charge in [-0.05, 0) is 128 Å². The molecule has 8 unspecified atom stereocenters. The van der Waals surface area contributed by atoms with Crippen molar-refractivity contribution in [3.8, 4) is 0 Å². The highest BCUT2D eigenvalue weighted by molar-refractivity contribution is 7.96. The van der Waals surface area contributed by atoms with Gasteiger partial charge in [-0.2, -0.15) is 0 Å². The number of esters is 3. The molecule has 0 aromatic rings. The van der Waals surface area contributed by atoms with Gasteiger partial charge in [0.2, 0.25) is 0 Å². The maximum Gasteiger partial charge on any atom is 0.324 e. The highest BCUT2D eigenvalue weighted by Crippen LogP contribution is 2.67. The molecule has 12 bridgehead atoms. The molecule has 0 aromatic heterocycles. The van der Waals surface area contributed by atoms with E-state index in [2.05, 4.69) is 9.37 Å². The van der Waals surface area contributed by atoms with Gasteiger partial charge in [0.1, 0.15) is 41.7 Å². The van der Waals surface area contributed by atoms with Gasteiger partial charge >= 0.3 is 17.9 Å². The van der Waals surface area contributed by atoms with Crippen LogP contribution in [0.5, 0.6) is 0 Å². The number of rotatable bonds is 12. The Bertz CT molecular complexity index is 1530. The van der Waals surface area contributed by atoms with E-state index in [4.69, 9.17) is 28.9 Å². The largest absolute Gasteiger partial charge is 0.464 e. The summed E-state index contributed by atoms with van der Waals surface area (Å²) < 4.78 is 35.8. The van der Waals surface area contributed by atoms with Crippen molar-refractivity contribution in [1.82, 2.24) is 0 Å². The molecule has 13 rings (SSSR count). The smallest absolute Gasteiger partial charge is 0.324 e. The lowest BCUT2D eigenvalue weighted by Gasteiger charge is -2.62. The number of carbonyl (C=O) groups is 5. The van der Waals surface area contributed by atoms with Crippen LogP contribution < -0.4 is 0 Å². The summed E-state index contributed by atoms with van der Waals surface area (Å²) in [6.07, 6.45) is 10.2. The average molecular weight is 787 g/mol. The molecule has 13 aliphatic rings. The minimum absolute atomic E-state index is 0.00759. The van der Waals surface area contributed by atoms with Crippen molar-refractivity contribution in [2.75, 3.05) is 19.8 Å². The molecule has 0 aromatic carbocycles. The molecule has 1 saturated heterocycles. The molecule has 55 heavy (non-hydrogen) atoms. The van der Waals surface area contributed by atoms with E-state index < -0.39 is 39.5 Å². The van der Waals surface area contributed by atoms with E-state index in [0.29, 0.717) is 67.0 Å². The molecule has 12 aliphatic carbocycles. The predicted molar refractivity (Wildman–Crippen MR) is 190 cm³/mol. The van der Waals surface area contributed by atoms with Gasteiger partial charge in [0, 0.05) is 40.9 Å². The first-order chi connectivity index (χ1) is 26.2. The third kappa shape index (κ3) is 5.91. The summed E-state index contributed by atoms with van der Waals surface area (Å²) in [5, 5.41) is 12.3. The van der Waals surface area contributed by atoms with E-state index in [9.17, 15) is 24.0 Å². The summed E-state index contributed by atoms with van der Waals surface area (Å²) in [5.41, 5.74) is -1.50.